The van der Waals surface area contributed by atoms with Gasteiger partial charge in [0, 0.05) is 24.5 Å². The molecule has 1 unspecified atom stereocenters. The summed E-state index contributed by atoms with van der Waals surface area (Å²) in [6.45, 7) is 1.95. The van der Waals surface area contributed by atoms with Gasteiger partial charge in [-0.2, -0.15) is 0 Å². The quantitative estimate of drug-likeness (QED) is 0.851. The summed E-state index contributed by atoms with van der Waals surface area (Å²) < 4.78 is 26.6. The number of aliphatic hydroxyl groups excluding tert-OH is 1. The van der Waals surface area contributed by atoms with E-state index in [-0.39, 0.29) is 4.90 Å². The molecule has 108 valence electrons. The van der Waals surface area contributed by atoms with Crippen molar-refractivity contribution in [2.45, 2.75) is 24.3 Å². The number of thiazole rings is 1. The number of sulfonamides is 1. The summed E-state index contributed by atoms with van der Waals surface area (Å²) >= 11 is 1.50. The summed E-state index contributed by atoms with van der Waals surface area (Å²) in [6.07, 6.45) is 1.66. The van der Waals surface area contributed by atoms with Gasteiger partial charge < -0.3 is 5.11 Å². The Morgan fingerprint density at radius 1 is 1.35 bits per heavy atom. The van der Waals surface area contributed by atoms with Gasteiger partial charge in [-0.25, -0.2) is 18.1 Å². The Morgan fingerprint density at radius 3 is 2.60 bits per heavy atom. The zero-order valence-corrected chi connectivity index (χ0v) is 12.6. The molecule has 5 nitrogen and oxygen atoms in total. The summed E-state index contributed by atoms with van der Waals surface area (Å²) in [5.41, 5.74) is 0.687. The van der Waals surface area contributed by atoms with Gasteiger partial charge in [0.2, 0.25) is 10.0 Å². The molecule has 0 amide bonds. The normalized spacial score (nSPS) is 13.3. The summed E-state index contributed by atoms with van der Waals surface area (Å²) in [7, 11) is -3.51. The van der Waals surface area contributed by atoms with Crippen molar-refractivity contribution >= 4 is 21.4 Å². The van der Waals surface area contributed by atoms with Crippen molar-refractivity contribution < 1.29 is 13.5 Å². The molecule has 7 heteroatoms. The third-order valence-corrected chi connectivity index (χ3v) is 5.10. The fraction of sp³-hybridized carbons (Fsp3) is 0.308. The lowest BCUT2D eigenvalue weighted by Crippen LogP contribution is -2.26. The number of nitrogens with zero attached hydrogens (tertiary/aromatic N) is 1. The summed E-state index contributed by atoms with van der Waals surface area (Å²) in [5.74, 6) is 0. The van der Waals surface area contributed by atoms with Crippen LogP contribution in [-0.2, 0) is 16.4 Å². The van der Waals surface area contributed by atoms with E-state index in [4.69, 9.17) is 0 Å². The van der Waals surface area contributed by atoms with Gasteiger partial charge in [-0.1, -0.05) is 12.1 Å². The van der Waals surface area contributed by atoms with Crippen molar-refractivity contribution in [1.82, 2.24) is 9.71 Å². The Kier molecular flexibility index (Phi) is 4.87. The minimum Gasteiger partial charge on any atom is -0.389 e. The fourth-order valence-electron chi connectivity index (χ4n) is 1.68. The molecule has 0 aliphatic rings. The first-order valence-corrected chi connectivity index (χ1v) is 8.51. The number of aliphatic hydroxyl groups is 1. The SMILES string of the molecule is CC(O)c1ccc(S(=O)(=O)NCCc2nccs2)cc1. The lowest BCUT2D eigenvalue weighted by atomic mass is 10.1. The van der Waals surface area contributed by atoms with E-state index in [1.807, 2.05) is 5.38 Å². The van der Waals surface area contributed by atoms with Crippen molar-refractivity contribution in [3.8, 4) is 0 Å². The zero-order valence-electron chi connectivity index (χ0n) is 11.0. The third-order valence-electron chi connectivity index (χ3n) is 2.79. The molecule has 1 aromatic heterocycles. The van der Waals surface area contributed by atoms with E-state index in [0.717, 1.165) is 5.01 Å². The van der Waals surface area contributed by atoms with Crippen molar-refractivity contribution in [1.29, 1.82) is 0 Å². The topological polar surface area (TPSA) is 79.3 Å². The first-order chi connectivity index (χ1) is 9.49. The molecule has 1 heterocycles. The summed E-state index contributed by atoms with van der Waals surface area (Å²) in [5, 5.41) is 12.2. The molecule has 0 saturated carbocycles. The Labute approximate surface area is 122 Å². The molecule has 1 atom stereocenters. The van der Waals surface area contributed by atoms with E-state index in [2.05, 4.69) is 9.71 Å². The lowest BCUT2D eigenvalue weighted by Gasteiger charge is -2.08. The van der Waals surface area contributed by atoms with Crippen molar-refractivity contribution in [3.63, 3.8) is 0 Å². The predicted molar refractivity (Wildman–Crippen MR) is 78.1 cm³/mol. The Morgan fingerprint density at radius 2 is 2.05 bits per heavy atom. The van der Waals surface area contributed by atoms with Gasteiger partial charge in [0.15, 0.2) is 0 Å². The van der Waals surface area contributed by atoms with Gasteiger partial charge >= 0.3 is 0 Å². The van der Waals surface area contributed by atoms with Crippen LogP contribution in [0, 0.1) is 0 Å². The number of rotatable bonds is 6. The molecule has 0 radical (unpaired) electrons. The van der Waals surface area contributed by atoms with E-state index in [1.165, 1.54) is 23.5 Å². The second-order valence-electron chi connectivity index (χ2n) is 4.32. The number of benzene rings is 1. The highest BCUT2D eigenvalue weighted by Crippen LogP contribution is 2.15. The van der Waals surface area contributed by atoms with Crippen LogP contribution in [0.2, 0.25) is 0 Å². The summed E-state index contributed by atoms with van der Waals surface area (Å²) in [6, 6.07) is 6.21. The molecule has 0 spiro atoms. The largest absolute Gasteiger partial charge is 0.389 e. The monoisotopic (exact) mass is 312 g/mol. The second-order valence-corrected chi connectivity index (χ2v) is 7.06. The van der Waals surface area contributed by atoms with Crippen LogP contribution < -0.4 is 4.72 Å². The van der Waals surface area contributed by atoms with E-state index in [0.29, 0.717) is 18.5 Å². The van der Waals surface area contributed by atoms with Gasteiger partial charge in [-0.05, 0) is 24.6 Å². The minimum atomic E-state index is -3.51. The standard InChI is InChI=1S/C13H16N2O3S2/c1-10(16)11-2-4-12(5-3-11)20(17,18)15-7-6-13-14-8-9-19-13/h2-5,8-10,15-16H,6-7H2,1H3. The maximum Gasteiger partial charge on any atom is 0.240 e. The molecule has 0 aliphatic carbocycles. The maximum absolute atomic E-state index is 12.1. The lowest BCUT2D eigenvalue weighted by molar-refractivity contribution is 0.199. The fourth-order valence-corrected chi connectivity index (χ4v) is 3.33. The first kappa shape index (κ1) is 15.1. The molecular formula is C13H16N2O3S2. The van der Waals surface area contributed by atoms with Crippen molar-refractivity contribution in [3.05, 3.63) is 46.4 Å². The minimum absolute atomic E-state index is 0.195. The van der Waals surface area contributed by atoms with Crippen LogP contribution in [0.4, 0.5) is 0 Å². The van der Waals surface area contributed by atoms with Crippen LogP contribution in [0.15, 0.2) is 40.7 Å². The number of nitrogens with one attached hydrogen (secondary N) is 1. The van der Waals surface area contributed by atoms with Crippen molar-refractivity contribution in [2.24, 2.45) is 0 Å². The van der Waals surface area contributed by atoms with E-state index in [9.17, 15) is 13.5 Å². The number of hydrogen-bond acceptors (Lipinski definition) is 5. The number of hydrogen-bond donors (Lipinski definition) is 2. The average Bonchev–Trinajstić information content (AvgIpc) is 2.92. The van der Waals surface area contributed by atoms with Gasteiger partial charge in [-0.15, -0.1) is 11.3 Å². The van der Waals surface area contributed by atoms with Crippen LogP contribution in [-0.4, -0.2) is 25.1 Å². The van der Waals surface area contributed by atoms with Crippen LogP contribution in [0.25, 0.3) is 0 Å². The molecule has 0 fully saturated rings. The molecule has 2 N–H and O–H groups in total. The molecule has 2 aromatic rings. The van der Waals surface area contributed by atoms with E-state index >= 15 is 0 Å². The molecule has 0 aliphatic heterocycles. The highest BCUT2D eigenvalue weighted by molar-refractivity contribution is 7.89. The molecule has 0 bridgehead atoms. The molecule has 2 rings (SSSR count). The molecule has 20 heavy (non-hydrogen) atoms. The zero-order chi connectivity index (χ0) is 14.6. The highest BCUT2D eigenvalue weighted by Gasteiger charge is 2.14. The molecular weight excluding hydrogens is 296 g/mol. The van der Waals surface area contributed by atoms with Gasteiger partial charge in [0.1, 0.15) is 0 Å². The average molecular weight is 312 g/mol. The maximum atomic E-state index is 12.1. The smallest absolute Gasteiger partial charge is 0.240 e. The third kappa shape index (κ3) is 3.86. The predicted octanol–water partition coefficient (Wildman–Crippen LogP) is 1.72. The Bertz CT molecular complexity index is 635. The van der Waals surface area contributed by atoms with Crippen LogP contribution >= 0.6 is 11.3 Å². The van der Waals surface area contributed by atoms with E-state index < -0.39 is 16.1 Å². The molecule has 1 aromatic carbocycles. The van der Waals surface area contributed by atoms with Crippen LogP contribution in [0.5, 0.6) is 0 Å². The Hall–Kier alpha value is -1.28. The number of aromatic nitrogens is 1. The first-order valence-electron chi connectivity index (χ1n) is 6.15. The van der Waals surface area contributed by atoms with Crippen LogP contribution in [0.3, 0.4) is 0 Å². The van der Waals surface area contributed by atoms with Crippen LogP contribution in [0.1, 0.15) is 23.6 Å². The molecule has 0 saturated heterocycles. The highest BCUT2D eigenvalue weighted by atomic mass is 32.2. The van der Waals surface area contributed by atoms with Gasteiger partial charge in [0.25, 0.3) is 0 Å². The van der Waals surface area contributed by atoms with E-state index in [1.54, 1.807) is 25.3 Å². The van der Waals surface area contributed by atoms with Crippen molar-refractivity contribution in [2.75, 3.05) is 6.54 Å². The Balaban J connectivity index is 1.99. The second kappa shape index (κ2) is 6.45. The van der Waals surface area contributed by atoms with Gasteiger partial charge in [-0.3, -0.25) is 0 Å². The van der Waals surface area contributed by atoms with Gasteiger partial charge in [0.05, 0.1) is 16.0 Å². The summed E-state index contributed by atoms with van der Waals surface area (Å²) in [4.78, 5) is 4.29.